The van der Waals surface area contributed by atoms with E-state index in [1.807, 2.05) is 11.0 Å². The van der Waals surface area contributed by atoms with Gasteiger partial charge in [0.2, 0.25) is 0 Å². The fraction of sp³-hybridized carbons (Fsp3) is 0.333. The van der Waals surface area contributed by atoms with Gasteiger partial charge in [0.15, 0.2) is 0 Å². The molecule has 1 aromatic heterocycles. The molecule has 5 nitrogen and oxygen atoms in total. The molecule has 29 heavy (non-hydrogen) atoms. The SMILES string of the molecule is Cc1cccc(N2CCN(C(=O)c3cc(-c4ccc(C)c(C)c4)n[nH]3)CC2C)c1. The summed E-state index contributed by atoms with van der Waals surface area (Å²) < 4.78 is 0. The number of rotatable bonds is 3. The Morgan fingerprint density at radius 3 is 2.59 bits per heavy atom. The number of amides is 1. The number of nitrogens with one attached hydrogen (secondary N) is 1. The van der Waals surface area contributed by atoms with Gasteiger partial charge in [-0.05, 0) is 68.7 Å². The Morgan fingerprint density at radius 1 is 1.03 bits per heavy atom. The Bertz CT molecular complexity index is 1040. The van der Waals surface area contributed by atoms with Crippen LogP contribution in [0.1, 0.15) is 34.1 Å². The van der Waals surface area contributed by atoms with Crippen LogP contribution in [0.15, 0.2) is 48.5 Å². The van der Waals surface area contributed by atoms with E-state index in [2.05, 4.69) is 85.3 Å². The maximum atomic E-state index is 13.0. The van der Waals surface area contributed by atoms with Gasteiger partial charge in [0, 0.05) is 36.9 Å². The predicted molar refractivity (Wildman–Crippen MR) is 117 cm³/mol. The molecule has 0 bridgehead atoms. The van der Waals surface area contributed by atoms with Gasteiger partial charge in [-0.3, -0.25) is 9.89 Å². The zero-order chi connectivity index (χ0) is 20.5. The molecule has 1 aliphatic rings. The lowest BCUT2D eigenvalue weighted by atomic mass is 10.0. The van der Waals surface area contributed by atoms with E-state index >= 15 is 0 Å². The minimum absolute atomic E-state index is 0.0170. The van der Waals surface area contributed by atoms with Crippen molar-refractivity contribution in [2.24, 2.45) is 0 Å². The van der Waals surface area contributed by atoms with Gasteiger partial charge in [0.05, 0.1) is 5.69 Å². The molecule has 150 valence electrons. The van der Waals surface area contributed by atoms with Crippen molar-refractivity contribution < 1.29 is 4.79 Å². The van der Waals surface area contributed by atoms with Crippen molar-refractivity contribution in [2.75, 3.05) is 24.5 Å². The molecule has 0 radical (unpaired) electrons. The van der Waals surface area contributed by atoms with Crippen molar-refractivity contribution >= 4 is 11.6 Å². The maximum absolute atomic E-state index is 13.0. The van der Waals surface area contributed by atoms with Crippen molar-refractivity contribution in [1.29, 1.82) is 0 Å². The third-order valence-corrected chi connectivity index (χ3v) is 5.86. The minimum atomic E-state index is 0.0170. The Balaban J connectivity index is 1.47. The minimum Gasteiger partial charge on any atom is -0.365 e. The normalized spacial score (nSPS) is 16.9. The van der Waals surface area contributed by atoms with E-state index in [1.54, 1.807) is 0 Å². The summed E-state index contributed by atoms with van der Waals surface area (Å²) >= 11 is 0. The number of piperazine rings is 1. The third kappa shape index (κ3) is 3.90. The van der Waals surface area contributed by atoms with E-state index in [9.17, 15) is 4.79 Å². The number of hydrogen-bond donors (Lipinski definition) is 1. The van der Waals surface area contributed by atoms with Crippen molar-refractivity contribution in [3.05, 3.63) is 70.9 Å². The van der Waals surface area contributed by atoms with Crippen LogP contribution in [-0.4, -0.2) is 46.7 Å². The first-order valence-corrected chi connectivity index (χ1v) is 10.2. The average Bonchev–Trinajstić information content (AvgIpc) is 3.19. The molecule has 2 aromatic carbocycles. The number of nitrogens with zero attached hydrogens (tertiary/aromatic N) is 3. The van der Waals surface area contributed by atoms with Crippen LogP contribution in [-0.2, 0) is 0 Å². The molecule has 5 heteroatoms. The topological polar surface area (TPSA) is 52.2 Å². The number of benzene rings is 2. The molecule has 0 spiro atoms. The fourth-order valence-electron chi connectivity index (χ4n) is 3.98. The predicted octanol–water partition coefficient (Wildman–Crippen LogP) is 4.35. The van der Waals surface area contributed by atoms with Crippen LogP contribution in [0.4, 0.5) is 5.69 Å². The summed E-state index contributed by atoms with van der Waals surface area (Å²) in [6, 6.07) is 16.9. The molecule has 3 aromatic rings. The summed E-state index contributed by atoms with van der Waals surface area (Å²) in [5.41, 5.74) is 7.34. The Morgan fingerprint density at radius 2 is 1.86 bits per heavy atom. The van der Waals surface area contributed by atoms with Crippen molar-refractivity contribution in [3.63, 3.8) is 0 Å². The molecule has 1 fully saturated rings. The van der Waals surface area contributed by atoms with Crippen LogP contribution in [0.5, 0.6) is 0 Å². The first-order valence-electron chi connectivity index (χ1n) is 10.2. The summed E-state index contributed by atoms with van der Waals surface area (Å²) in [6.07, 6.45) is 0. The highest BCUT2D eigenvalue weighted by Gasteiger charge is 2.28. The molecule has 2 heterocycles. The lowest BCUT2D eigenvalue weighted by Crippen LogP contribution is -2.53. The van der Waals surface area contributed by atoms with E-state index in [-0.39, 0.29) is 11.9 Å². The monoisotopic (exact) mass is 388 g/mol. The Kier molecular flexibility index (Phi) is 5.14. The number of H-pyrrole nitrogens is 1. The van der Waals surface area contributed by atoms with Gasteiger partial charge in [0.25, 0.3) is 5.91 Å². The molecule has 1 N–H and O–H groups in total. The van der Waals surface area contributed by atoms with Gasteiger partial charge >= 0.3 is 0 Å². The lowest BCUT2D eigenvalue weighted by Gasteiger charge is -2.41. The third-order valence-electron chi connectivity index (χ3n) is 5.86. The molecule has 1 unspecified atom stereocenters. The van der Waals surface area contributed by atoms with E-state index < -0.39 is 0 Å². The molecule has 0 aliphatic carbocycles. The highest BCUT2D eigenvalue weighted by atomic mass is 16.2. The van der Waals surface area contributed by atoms with Crippen LogP contribution in [0.25, 0.3) is 11.3 Å². The van der Waals surface area contributed by atoms with Crippen LogP contribution in [0.2, 0.25) is 0 Å². The van der Waals surface area contributed by atoms with Gasteiger partial charge < -0.3 is 9.80 Å². The molecule has 1 aliphatic heterocycles. The van der Waals surface area contributed by atoms with Gasteiger partial charge in [0.1, 0.15) is 5.69 Å². The standard InChI is InChI=1S/C24H28N4O/c1-16-6-5-7-21(12-16)28-11-10-27(15-19(28)4)24(29)23-14-22(25-26-23)20-9-8-17(2)18(3)13-20/h5-9,12-14,19H,10-11,15H2,1-4H3,(H,25,26). The maximum Gasteiger partial charge on any atom is 0.272 e. The van der Waals surface area contributed by atoms with E-state index in [0.29, 0.717) is 18.8 Å². The molecular weight excluding hydrogens is 360 g/mol. The zero-order valence-corrected chi connectivity index (χ0v) is 17.6. The second-order valence-corrected chi connectivity index (χ2v) is 8.10. The zero-order valence-electron chi connectivity index (χ0n) is 17.6. The number of carbonyl (C=O) groups excluding carboxylic acids is 1. The summed E-state index contributed by atoms with van der Waals surface area (Å²) in [5, 5.41) is 7.33. The number of carbonyl (C=O) groups is 1. The average molecular weight is 389 g/mol. The highest BCUT2D eigenvalue weighted by molar-refractivity contribution is 5.93. The van der Waals surface area contributed by atoms with Crippen LogP contribution in [0.3, 0.4) is 0 Å². The van der Waals surface area contributed by atoms with E-state index in [4.69, 9.17) is 0 Å². The van der Waals surface area contributed by atoms with Gasteiger partial charge in [-0.25, -0.2) is 0 Å². The number of aryl methyl sites for hydroxylation is 3. The van der Waals surface area contributed by atoms with Crippen molar-refractivity contribution in [1.82, 2.24) is 15.1 Å². The largest absolute Gasteiger partial charge is 0.365 e. The second kappa shape index (κ2) is 7.74. The summed E-state index contributed by atoms with van der Waals surface area (Å²) in [4.78, 5) is 17.3. The van der Waals surface area contributed by atoms with Crippen LogP contribution < -0.4 is 4.90 Å². The van der Waals surface area contributed by atoms with Crippen molar-refractivity contribution in [2.45, 2.75) is 33.7 Å². The molecular formula is C24H28N4O. The van der Waals surface area contributed by atoms with Gasteiger partial charge in [-0.15, -0.1) is 0 Å². The van der Waals surface area contributed by atoms with Crippen LogP contribution in [0, 0.1) is 20.8 Å². The van der Waals surface area contributed by atoms with Gasteiger partial charge in [-0.1, -0.05) is 24.3 Å². The number of aromatic nitrogens is 2. The number of anilines is 1. The fourth-order valence-corrected chi connectivity index (χ4v) is 3.98. The Hall–Kier alpha value is -3.08. The molecule has 4 rings (SSSR count). The first-order chi connectivity index (χ1) is 13.9. The van der Waals surface area contributed by atoms with Gasteiger partial charge in [-0.2, -0.15) is 5.10 Å². The second-order valence-electron chi connectivity index (χ2n) is 8.10. The molecule has 1 atom stereocenters. The summed E-state index contributed by atoms with van der Waals surface area (Å²) in [7, 11) is 0. The summed E-state index contributed by atoms with van der Waals surface area (Å²) in [6.45, 7) is 10.7. The van der Waals surface area contributed by atoms with E-state index in [1.165, 1.54) is 22.4 Å². The first kappa shape index (κ1) is 19.2. The Labute approximate surface area is 172 Å². The lowest BCUT2D eigenvalue weighted by molar-refractivity contribution is 0.0720. The smallest absolute Gasteiger partial charge is 0.272 e. The number of hydrogen-bond acceptors (Lipinski definition) is 3. The quantitative estimate of drug-likeness (QED) is 0.726. The molecule has 1 amide bonds. The molecule has 1 saturated heterocycles. The van der Waals surface area contributed by atoms with Crippen molar-refractivity contribution in [3.8, 4) is 11.3 Å². The highest BCUT2D eigenvalue weighted by Crippen LogP contribution is 2.24. The van der Waals surface area contributed by atoms with E-state index in [0.717, 1.165) is 17.8 Å². The number of aromatic amines is 1. The summed E-state index contributed by atoms with van der Waals surface area (Å²) in [5.74, 6) is 0.0170. The molecule has 0 saturated carbocycles. The van der Waals surface area contributed by atoms with Crippen LogP contribution >= 0.6 is 0 Å².